The van der Waals surface area contributed by atoms with E-state index in [1.165, 1.54) is 18.2 Å². The number of ketones is 2. The molecular weight excluding hydrogens is 451 g/mol. The molecule has 7 heteroatoms. The number of furan rings is 1. The van der Waals surface area contributed by atoms with E-state index in [-0.39, 0.29) is 38.3 Å². The zero-order valence-corrected chi connectivity index (χ0v) is 17.5. The zero-order valence-electron chi connectivity index (χ0n) is 14.5. The van der Waals surface area contributed by atoms with E-state index in [0.29, 0.717) is 16.4 Å². The number of rotatable bonds is 2. The molecule has 2 aromatic carbocycles. The maximum atomic E-state index is 12.7. The largest absolute Gasteiger partial charge is 0.456 e. The predicted octanol–water partition coefficient (Wildman–Crippen LogP) is 7.58. The number of hydrogen-bond acceptors (Lipinski definition) is 4. The molecule has 0 spiro atoms. The molecule has 0 aliphatic heterocycles. The second kappa shape index (κ2) is 6.85. The van der Waals surface area contributed by atoms with Crippen LogP contribution in [0.5, 0.6) is 0 Å². The number of Topliss-reactive ketones (excluding diaryl/α,β-unsaturated/α-hetero) is 2. The normalized spacial score (nSPS) is 13.4. The summed E-state index contributed by atoms with van der Waals surface area (Å²) in [6.45, 7) is 0. The molecule has 0 atom stereocenters. The lowest BCUT2D eigenvalue weighted by molar-refractivity contribution is 0.0990. The number of halogens is 3. The quantitative estimate of drug-likeness (QED) is 0.229. The number of carbonyl (C=O) groups excluding carboxylic acids is 2. The highest BCUT2D eigenvalue weighted by Crippen LogP contribution is 2.38. The molecule has 0 amide bonds. The van der Waals surface area contributed by atoms with Crippen molar-refractivity contribution < 1.29 is 14.0 Å². The molecule has 142 valence electrons. The van der Waals surface area contributed by atoms with Crippen molar-refractivity contribution in [2.45, 2.75) is 0 Å². The second-order valence-corrected chi connectivity index (χ2v) is 8.86. The molecule has 2 heterocycles. The molecule has 29 heavy (non-hydrogen) atoms. The Bertz CT molecular complexity index is 1290. The average Bonchev–Trinajstić information content (AvgIpc) is 3.31. The Morgan fingerprint density at radius 3 is 2.03 bits per heavy atom. The van der Waals surface area contributed by atoms with Crippen molar-refractivity contribution >= 4 is 74.1 Å². The van der Waals surface area contributed by atoms with Crippen LogP contribution in [0.2, 0.25) is 15.1 Å². The van der Waals surface area contributed by atoms with E-state index in [0.717, 1.165) is 15.1 Å². The summed E-state index contributed by atoms with van der Waals surface area (Å²) in [5.41, 5.74) is 2.28. The molecule has 0 N–H and O–H groups in total. The smallest absolute Gasteiger partial charge is 0.197 e. The van der Waals surface area contributed by atoms with Gasteiger partial charge in [-0.15, -0.1) is 11.3 Å². The minimum absolute atomic E-state index is 0.0395. The van der Waals surface area contributed by atoms with Crippen LogP contribution < -0.4 is 0 Å². The molecule has 3 nitrogen and oxygen atoms in total. The van der Waals surface area contributed by atoms with E-state index < -0.39 is 0 Å². The van der Waals surface area contributed by atoms with Crippen molar-refractivity contribution in [1.29, 1.82) is 0 Å². The van der Waals surface area contributed by atoms with Gasteiger partial charge in [0.25, 0.3) is 0 Å². The van der Waals surface area contributed by atoms with Crippen LogP contribution in [-0.2, 0) is 0 Å². The standard InChI is InChI=1S/C22H9Cl3O3S/c23-11-3-1-10(2-4-11)19-9-18-20(29-19)6-12(28-18)5-15-21(26)13-7-16(24)17(25)8-14(13)22(15)27/h1-9H. The van der Waals surface area contributed by atoms with Crippen LogP contribution in [0.3, 0.4) is 0 Å². The Kier molecular flexibility index (Phi) is 4.41. The highest BCUT2D eigenvalue weighted by molar-refractivity contribution is 7.22. The molecule has 0 bridgehead atoms. The summed E-state index contributed by atoms with van der Waals surface area (Å²) in [5.74, 6) is -0.328. The number of thiophene rings is 1. The Hall–Kier alpha value is -2.37. The molecule has 0 saturated carbocycles. The van der Waals surface area contributed by atoms with Crippen molar-refractivity contribution in [2.75, 3.05) is 0 Å². The summed E-state index contributed by atoms with van der Waals surface area (Å²) in [7, 11) is 0. The average molecular weight is 460 g/mol. The van der Waals surface area contributed by atoms with Gasteiger partial charge >= 0.3 is 0 Å². The van der Waals surface area contributed by atoms with E-state index in [9.17, 15) is 9.59 Å². The summed E-state index contributed by atoms with van der Waals surface area (Å²) in [6.07, 6.45) is 1.47. The van der Waals surface area contributed by atoms with Crippen molar-refractivity contribution in [3.8, 4) is 10.4 Å². The van der Waals surface area contributed by atoms with Gasteiger partial charge in [-0.1, -0.05) is 46.9 Å². The van der Waals surface area contributed by atoms with Gasteiger partial charge in [-0.05, 0) is 35.9 Å². The molecule has 1 aliphatic rings. The lowest BCUT2D eigenvalue weighted by atomic mass is 10.1. The van der Waals surface area contributed by atoms with Gasteiger partial charge in [0.15, 0.2) is 11.6 Å². The zero-order chi connectivity index (χ0) is 20.3. The van der Waals surface area contributed by atoms with Gasteiger partial charge in [0.05, 0.1) is 20.3 Å². The van der Waals surface area contributed by atoms with E-state index in [4.69, 9.17) is 39.2 Å². The van der Waals surface area contributed by atoms with Crippen LogP contribution in [-0.4, -0.2) is 11.6 Å². The fourth-order valence-corrected chi connectivity index (χ4v) is 4.76. The first-order valence-corrected chi connectivity index (χ1v) is 10.5. The summed E-state index contributed by atoms with van der Waals surface area (Å²) in [5, 5.41) is 1.15. The minimum Gasteiger partial charge on any atom is -0.456 e. The molecule has 0 fully saturated rings. The van der Waals surface area contributed by atoms with Gasteiger partial charge in [-0.2, -0.15) is 0 Å². The van der Waals surface area contributed by atoms with Gasteiger partial charge in [0.2, 0.25) is 0 Å². The van der Waals surface area contributed by atoms with Crippen molar-refractivity contribution in [1.82, 2.24) is 0 Å². The minimum atomic E-state index is -0.384. The summed E-state index contributed by atoms with van der Waals surface area (Å²) < 4.78 is 6.77. The molecule has 4 aromatic rings. The maximum absolute atomic E-state index is 12.7. The number of benzene rings is 2. The van der Waals surface area contributed by atoms with Crippen LogP contribution in [0.1, 0.15) is 26.5 Å². The van der Waals surface area contributed by atoms with E-state index in [2.05, 4.69) is 0 Å². The second-order valence-electron chi connectivity index (χ2n) is 6.52. The fraction of sp³-hybridized carbons (Fsp3) is 0. The third-order valence-corrected chi connectivity index (χ3v) is 6.77. The Labute approximate surface area is 184 Å². The third-order valence-electron chi connectivity index (χ3n) is 4.68. The number of fused-ring (bicyclic) bond motifs is 2. The van der Waals surface area contributed by atoms with Gasteiger partial charge in [-0.25, -0.2) is 0 Å². The van der Waals surface area contributed by atoms with Crippen LogP contribution in [0.15, 0.2) is 58.5 Å². The Morgan fingerprint density at radius 2 is 1.45 bits per heavy atom. The van der Waals surface area contributed by atoms with Crippen molar-refractivity contribution in [3.63, 3.8) is 0 Å². The highest BCUT2D eigenvalue weighted by Gasteiger charge is 2.34. The van der Waals surface area contributed by atoms with Crippen LogP contribution in [0, 0.1) is 0 Å². The molecule has 1 aliphatic carbocycles. The van der Waals surface area contributed by atoms with Crippen LogP contribution in [0.25, 0.3) is 26.8 Å². The molecular formula is C22H9Cl3O3S. The molecule has 0 saturated heterocycles. The van der Waals surface area contributed by atoms with Gasteiger partial charge in [0, 0.05) is 33.2 Å². The summed E-state index contributed by atoms with van der Waals surface area (Å²) in [4.78, 5) is 26.3. The summed E-state index contributed by atoms with van der Waals surface area (Å²) >= 11 is 19.5. The van der Waals surface area contributed by atoms with Gasteiger partial charge < -0.3 is 4.42 Å². The first kappa shape index (κ1) is 18.6. The monoisotopic (exact) mass is 458 g/mol. The summed E-state index contributed by atoms with van der Waals surface area (Å²) in [6, 6.07) is 14.2. The Morgan fingerprint density at radius 1 is 0.828 bits per heavy atom. The number of carbonyl (C=O) groups is 2. The topological polar surface area (TPSA) is 47.3 Å². The fourth-order valence-electron chi connectivity index (χ4n) is 3.27. The maximum Gasteiger partial charge on any atom is 0.197 e. The molecule has 0 unspecified atom stereocenters. The predicted molar refractivity (Wildman–Crippen MR) is 118 cm³/mol. The highest BCUT2D eigenvalue weighted by atomic mass is 35.5. The lowest BCUT2D eigenvalue weighted by Crippen LogP contribution is -1.99. The van der Waals surface area contributed by atoms with Crippen molar-refractivity contribution in [2.24, 2.45) is 0 Å². The van der Waals surface area contributed by atoms with Gasteiger partial charge in [0.1, 0.15) is 11.3 Å². The van der Waals surface area contributed by atoms with Gasteiger partial charge in [-0.3, -0.25) is 9.59 Å². The molecule has 0 radical (unpaired) electrons. The van der Waals surface area contributed by atoms with Crippen LogP contribution in [0.4, 0.5) is 0 Å². The van der Waals surface area contributed by atoms with Crippen molar-refractivity contribution in [3.05, 3.63) is 86.1 Å². The molecule has 5 rings (SSSR count). The Balaban J connectivity index is 1.51. The first-order chi connectivity index (χ1) is 13.9. The number of allylic oxidation sites excluding steroid dienone is 1. The van der Waals surface area contributed by atoms with E-state index in [1.807, 2.05) is 36.4 Å². The van der Waals surface area contributed by atoms with Crippen LogP contribution >= 0.6 is 46.1 Å². The third kappa shape index (κ3) is 3.13. The number of hydrogen-bond donors (Lipinski definition) is 0. The first-order valence-electron chi connectivity index (χ1n) is 8.50. The lowest BCUT2D eigenvalue weighted by Gasteiger charge is -1.98. The molecule has 2 aromatic heterocycles. The van der Waals surface area contributed by atoms with E-state index >= 15 is 0 Å². The van der Waals surface area contributed by atoms with E-state index in [1.54, 1.807) is 11.3 Å². The SMILES string of the molecule is O=C1C(=Cc2cc3sc(-c4ccc(Cl)cc4)cc3o2)C(=O)c2cc(Cl)c(Cl)cc21.